The molecule has 0 N–H and O–H groups in total. The van der Waals surface area contributed by atoms with Crippen LogP contribution in [0.1, 0.15) is 45.1 Å². The minimum Gasteiger partial charge on any atom is -0.338 e. The molecule has 0 amide bonds. The van der Waals surface area contributed by atoms with E-state index in [1.165, 1.54) is 49.6 Å². The number of aromatic nitrogens is 2. The monoisotopic (exact) mass is 282 g/mol. The quantitative estimate of drug-likeness (QED) is 0.629. The van der Waals surface area contributed by atoms with Gasteiger partial charge in [0, 0.05) is 18.9 Å². The van der Waals surface area contributed by atoms with E-state index in [9.17, 15) is 0 Å². The average molecular weight is 282 g/mol. The summed E-state index contributed by atoms with van der Waals surface area (Å²) < 4.78 is 2.34. The molecule has 2 aromatic rings. The first-order valence-electron chi connectivity index (χ1n) is 8.40. The molecular weight excluding hydrogens is 255 g/mol. The molecule has 0 aliphatic carbocycles. The first kappa shape index (κ1) is 15.9. The third-order valence-electron chi connectivity index (χ3n) is 4.12. The van der Waals surface area contributed by atoms with Crippen LogP contribution >= 0.6 is 0 Å². The number of unbranched alkanes of at least 4 members (excludes halogenated alkanes) is 2. The van der Waals surface area contributed by atoms with E-state index in [1.807, 2.05) is 6.20 Å². The highest BCUT2D eigenvalue weighted by molar-refractivity contribution is 6.71. The van der Waals surface area contributed by atoms with Gasteiger partial charge in [0.15, 0.2) is 0 Å². The molecule has 1 heterocycles. The molecule has 0 fully saturated rings. The number of benzene rings is 1. The Balaban J connectivity index is 2.11. The van der Waals surface area contributed by atoms with Gasteiger partial charge in [0.2, 0.25) is 6.71 Å². The molecule has 3 heteroatoms. The molecule has 0 aliphatic rings. The van der Waals surface area contributed by atoms with Crippen molar-refractivity contribution < 1.29 is 0 Å². The molecule has 0 aliphatic heterocycles. The van der Waals surface area contributed by atoms with Gasteiger partial charge in [-0.1, -0.05) is 82.5 Å². The summed E-state index contributed by atoms with van der Waals surface area (Å²) >= 11 is 0. The Labute approximate surface area is 129 Å². The maximum atomic E-state index is 4.68. The van der Waals surface area contributed by atoms with Crippen molar-refractivity contribution in [2.75, 3.05) is 0 Å². The molecular formula is C18H27BN2. The number of hydrogen-bond acceptors (Lipinski definition) is 1. The lowest BCUT2D eigenvalue weighted by molar-refractivity contribution is 0.806. The standard InChI is InChI=1S/C18H27BN2/c1-3-5-12-19(13-6-4-2)18-20-14-15-21(18)16-17-10-8-7-9-11-17/h7-11,14-15H,3-6,12-13,16H2,1-2H3. The van der Waals surface area contributed by atoms with Crippen LogP contribution in [-0.4, -0.2) is 16.3 Å². The van der Waals surface area contributed by atoms with Gasteiger partial charge in [0.25, 0.3) is 0 Å². The maximum Gasteiger partial charge on any atom is 0.222 e. The lowest BCUT2D eigenvalue weighted by atomic mass is 9.43. The Morgan fingerprint density at radius 3 is 2.29 bits per heavy atom. The third-order valence-corrected chi connectivity index (χ3v) is 4.12. The Morgan fingerprint density at radius 2 is 1.67 bits per heavy atom. The van der Waals surface area contributed by atoms with Crippen LogP contribution in [0.15, 0.2) is 42.7 Å². The van der Waals surface area contributed by atoms with Gasteiger partial charge in [-0.3, -0.25) is 4.98 Å². The van der Waals surface area contributed by atoms with E-state index in [2.05, 4.69) is 59.9 Å². The van der Waals surface area contributed by atoms with Crippen molar-refractivity contribution in [2.24, 2.45) is 0 Å². The highest BCUT2D eigenvalue weighted by Gasteiger charge is 2.20. The second kappa shape index (κ2) is 8.71. The van der Waals surface area contributed by atoms with Crippen LogP contribution in [0.25, 0.3) is 0 Å². The Kier molecular flexibility index (Phi) is 6.58. The van der Waals surface area contributed by atoms with Crippen LogP contribution in [0.2, 0.25) is 12.6 Å². The van der Waals surface area contributed by atoms with Crippen LogP contribution in [0.3, 0.4) is 0 Å². The van der Waals surface area contributed by atoms with Gasteiger partial charge < -0.3 is 4.57 Å². The molecule has 112 valence electrons. The summed E-state index contributed by atoms with van der Waals surface area (Å²) in [5.41, 5.74) is 2.63. The molecule has 0 unspecified atom stereocenters. The zero-order chi connectivity index (χ0) is 14.9. The largest absolute Gasteiger partial charge is 0.338 e. The van der Waals surface area contributed by atoms with Crippen molar-refractivity contribution in [1.82, 2.24) is 9.55 Å². The molecule has 0 bridgehead atoms. The van der Waals surface area contributed by atoms with Crippen molar-refractivity contribution in [3.8, 4) is 0 Å². The number of imidazole rings is 1. The van der Waals surface area contributed by atoms with Crippen LogP contribution in [-0.2, 0) is 6.54 Å². The van der Waals surface area contributed by atoms with Crippen molar-refractivity contribution >= 4 is 12.4 Å². The fourth-order valence-electron chi connectivity index (χ4n) is 2.90. The summed E-state index contributed by atoms with van der Waals surface area (Å²) in [7, 11) is 0. The minimum absolute atomic E-state index is 0.614. The normalized spacial score (nSPS) is 10.8. The predicted octanol–water partition coefficient (Wildman–Crippen LogP) is 4.23. The topological polar surface area (TPSA) is 17.8 Å². The Hall–Kier alpha value is -1.51. The van der Waals surface area contributed by atoms with Gasteiger partial charge in [0.1, 0.15) is 0 Å². The smallest absolute Gasteiger partial charge is 0.222 e. The molecule has 1 aromatic heterocycles. The first-order chi connectivity index (χ1) is 10.3. The van der Waals surface area contributed by atoms with E-state index in [0.717, 1.165) is 6.54 Å². The summed E-state index contributed by atoms with van der Waals surface area (Å²) in [4.78, 5) is 4.68. The van der Waals surface area contributed by atoms with Crippen LogP contribution < -0.4 is 5.72 Å². The van der Waals surface area contributed by atoms with Gasteiger partial charge in [-0.15, -0.1) is 0 Å². The molecule has 0 radical (unpaired) electrons. The zero-order valence-electron chi connectivity index (χ0n) is 13.5. The molecule has 0 spiro atoms. The lowest BCUT2D eigenvalue weighted by Gasteiger charge is -2.15. The summed E-state index contributed by atoms with van der Waals surface area (Å²) in [6.07, 6.45) is 11.8. The molecule has 0 atom stereocenters. The van der Waals surface area contributed by atoms with Crippen molar-refractivity contribution in [1.29, 1.82) is 0 Å². The predicted molar refractivity (Wildman–Crippen MR) is 92.6 cm³/mol. The fraction of sp³-hybridized carbons (Fsp3) is 0.500. The van der Waals surface area contributed by atoms with Crippen molar-refractivity contribution in [3.63, 3.8) is 0 Å². The van der Waals surface area contributed by atoms with Gasteiger partial charge in [-0.05, 0) is 5.56 Å². The molecule has 1 aromatic carbocycles. The molecule has 2 rings (SSSR count). The van der Waals surface area contributed by atoms with E-state index in [0.29, 0.717) is 6.71 Å². The van der Waals surface area contributed by atoms with E-state index in [-0.39, 0.29) is 0 Å². The number of hydrogen-bond donors (Lipinski definition) is 0. The van der Waals surface area contributed by atoms with Crippen LogP contribution in [0.4, 0.5) is 0 Å². The highest BCUT2D eigenvalue weighted by atomic mass is 15.0. The SMILES string of the molecule is CCCCB(CCCC)c1nccn1Cc1ccccc1. The highest BCUT2D eigenvalue weighted by Crippen LogP contribution is 2.11. The number of rotatable bonds is 9. The lowest BCUT2D eigenvalue weighted by Crippen LogP contribution is -2.38. The zero-order valence-corrected chi connectivity index (χ0v) is 13.5. The van der Waals surface area contributed by atoms with Gasteiger partial charge in [-0.25, -0.2) is 0 Å². The second-order valence-corrected chi connectivity index (χ2v) is 5.88. The van der Waals surface area contributed by atoms with Crippen LogP contribution in [0, 0.1) is 0 Å². The van der Waals surface area contributed by atoms with Gasteiger partial charge in [-0.2, -0.15) is 0 Å². The van der Waals surface area contributed by atoms with Gasteiger partial charge >= 0.3 is 0 Å². The third kappa shape index (κ3) is 4.77. The summed E-state index contributed by atoms with van der Waals surface area (Å²) in [5, 5.41) is 0. The van der Waals surface area contributed by atoms with E-state index >= 15 is 0 Å². The minimum atomic E-state index is 0.614. The fourth-order valence-corrected chi connectivity index (χ4v) is 2.90. The van der Waals surface area contributed by atoms with Crippen molar-refractivity contribution in [3.05, 3.63) is 48.3 Å². The average Bonchev–Trinajstić information content (AvgIpc) is 2.96. The van der Waals surface area contributed by atoms with E-state index in [1.54, 1.807) is 0 Å². The number of nitrogens with zero attached hydrogens (tertiary/aromatic N) is 2. The molecule has 21 heavy (non-hydrogen) atoms. The Bertz CT molecular complexity index is 499. The first-order valence-corrected chi connectivity index (χ1v) is 8.40. The maximum absolute atomic E-state index is 4.68. The summed E-state index contributed by atoms with van der Waals surface area (Å²) in [6, 6.07) is 10.7. The molecule has 2 nitrogen and oxygen atoms in total. The second-order valence-electron chi connectivity index (χ2n) is 5.88. The van der Waals surface area contributed by atoms with Gasteiger partial charge in [0.05, 0.1) is 5.72 Å². The molecule has 0 saturated heterocycles. The van der Waals surface area contributed by atoms with E-state index < -0.39 is 0 Å². The van der Waals surface area contributed by atoms with Crippen LogP contribution in [0.5, 0.6) is 0 Å². The summed E-state index contributed by atoms with van der Waals surface area (Å²) in [5.74, 6) is 0. The van der Waals surface area contributed by atoms with Crippen molar-refractivity contribution in [2.45, 2.75) is 58.7 Å². The molecule has 0 saturated carbocycles. The summed E-state index contributed by atoms with van der Waals surface area (Å²) in [6.45, 7) is 6.09. The van der Waals surface area contributed by atoms with E-state index in [4.69, 9.17) is 0 Å². The Morgan fingerprint density at radius 1 is 1.00 bits per heavy atom.